The van der Waals surface area contributed by atoms with Crippen molar-refractivity contribution in [2.75, 3.05) is 11.9 Å². The Balaban J connectivity index is 1.64. The lowest BCUT2D eigenvalue weighted by atomic mass is 10.2. The lowest BCUT2D eigenvalue weighted by molar-refractivity contribution is -0.118. The zero-order valence-corrected chi connectivity index (χ0v) is 12.4. The van der Waals surface area contributed by atoms with E-state index in [0.29, 0.717) is 11.4 Å². The van der Waals surface area contributed by atoms with Crippen molar-refractivity contribution in [1.29, 1.82) is 0 Å². The molecular formula is C16H16N4O2. The average molecular weight is 296 g/mol. The van der Waals surface area contributed by atoms with Crippen LogP contribution in [0.5, 0.6) is 5.75 Å². The first-order chi connectivity index (χ1) is 10.6. The number of fused-ring (bicyclic) bond motifs is 1. The van der Waals surface area contributed by atoms with Gasteiger partial charge in [0.25, 0.3) is 5.91 Å². The van der Waals surface area contributed by atoms with Crippen molar-refractivity contribution >= 4 is 17.2 Å². The summed E-state index contributed by atoms with van der Waals surface area (Å²) in [7, 11) is 0. The van der Waals surface area contributed by atoms with Crippen LogP contribution in [-0.4, -0.2) is 27.1 Å². The Morgan fingerprint density at radius 1 is 1.32 bits per heavy atom. The summed E-state index contributed by atoms with van der Waals surface area (Å²) in [5, 5.41) is 7.00. The molecule has 0 unspecified atom stereocenters. The van der Waals surface area contributed by atoms with Crippen LogP contribution in [0.25, 0.3) is 5.65 Å². The Kier molecular flexibility index (Phi) is 3.74. The smallest absolute Gasteiger partial charge is 0.262 e. The molecule has 112 valence electrons. The van der Waals surface area contributed by atoms with Crippen LogP contribution in [0.15, 0.2) is 42.7 Å². The van der Waals surface area contributed by atoms with Crippen LogP contribution < -0.4 is 10.1 Å². The topological polar surface area (TPSA) is 68.5 Å². The third-order valence-corrected chi connectivity index (χ3v) is 3.17. The molecule has 3 rings (SSSR count). The molecule has 6 heteroatoms. The van der Waals surface area contributed by atoms with Crippen molar-refractivity contribution in [3.05, 3.63) is 54.0 Å². The number of amides is 1. The molecule has 0 aliphatic carbocycles. The van der Waals surface area contributed by atoms with Crippen molar-refractivity contribution in [3.63, 3.8) is 0 Å². The molecule has 1 N–H and O–H groups in total. The van der Waals surface area contributed by atoms with Gasteiger partial charge in [0.15, 0.2) is 12.3 Å². The Bertz CT molecular complexity index is 826. The van der Waals surface area contributed by atoms with Gasteiger partial charge in [-0.2, -0.15) is 5.10 Å². The maximum Gasteiger partial charge on any atom is 0.262 e. The number of aryl methyl sites for hydroxylation is 2. The maximum absolute atomic E-state index is 11.9. The van der Waals surface area contributed by atoms with Crippen LogP contribution in [-0.2, 0) is 4.79 Å². The van der Waals surface area contributed by atoms with Crippen LogP contribution in [0.2, 0.25) is 0 Å². The molecule has 0 aliphatic rings. The van der Waals surface area contributed by atoms with Gasteiger partial charge in [0, 0.05) is 6.07 Å². The monoisotopic (exact) mass is 296 g/mol. The minimum Gasteiger partial charge on any atom is -0.483 e. The SMILES string of the molecule is Cc1cc2ncc(NC(=O)COc3ccccc3C)cn2n1. The van der Waals surface area contributed by atoms with Crippen LogP contribution in [0.4, 0.5) is 5.69 Å². The van der Waals surface area contributed by atoms with Gasteiger partial charge in [-0.15, -0.1) is 0 Å². The molecule has 0 bridgehead atoms. The summed E-state index contributed by atoms with van der Waals surface area (Å²) in [6.07, 6.45) is 3.32. The summed E-state index contributed by atoms with van der Waals surface area (Å²) in [6.45, 7) is 3.77. The summed E-state index contributed by atoms with van der Waals surface area (Å²) >= 11 is 0. The highest BCUT2D eigenvalue weighted by Gasteiger charge is 2.07. The number of aromatic nitrogens is 3. The highest BCUT2D eigenvalue weighted by Crippen LogP contribution is 2.16. The Labute approximate surface area is 127 Å². The number of carbonyl (C=O) groups is 1. The average Bonchev–Trinajstić information content (AvgIpc) is 2.86. The van der Waals surface area contributed by atoms with Gasteiger partial charge in [-0.25, -0.2) is 9.50 Å². The number of hydrogen-bond donors (Lipinski definition) is 1. The molecule has 6 nitrogen and oxygen atoms in total. The predicted molar refractivity (Wildman–Crippen MR) is 83.0 cm³/mol. The number of anilines is 1. The Hall–Kier alpha value is -2.89. The second-order valence-corrected chi connectivity index (χ2v) is 5.03. The number of carbonyl (C=O) groups excluding carboxylic acids is 1. The van der Waals surface area contributed by atoms with E-state index in [1.54, 1.807) is 16.9 Å². The molecule has 0 radical (unpaired) electrons. The van der Waals surface area contributed by atoms with Gasteiger partial charge in [-0.1, -0.05) is 18.2 Å². The van der Waals surface area contributed by atoms with E-state index in [-0.39, 0.29) is 12.5 Å². The molecule has 1 aromatic carbocycles. The largest absolute Gasteiger partial charge is 0.483 e. The second-order valence-electron chi connectivity index (χ2n) is 5.03. The summed E-state index contributed by atoms with van der Waals surface area (Å²) in [5.74, 6) is 0.460. The van der Waals surface area contributed by atoms with Gasteiger partial charge < -0.3 is 10.1 Å². The number of nitrogens with zero attached hydrogens (tertiary/aromatic N) is 3. The zero-order chi connectivity index (χ0) is 15.5. The third kappa shape index (κ3) is 3.06. The number of rotatable bonds is 4. The van der Waals surface area contributed by atoms with Crippen molar-refractivity contribution in [2.24, 2.45) is 0 Å². The van der Waals surface area contributed by atoms with E-state index < -0.39 is 0 Å². The molecular weight excluding hydrogens is 280 g/mol. The first-order valence-electron chi connectivity index (χ1n) is 6.92. The van der Waals surface area contributed by atoms with E-state index in [4.69, 9.17) is 4.74 Å². The summed E-state index contributed by atoms with van der Waals surface area (Å²) in [6, 6.07) is 9.44. The standard InChI is InChI=1S/C16H16N4O2/c1-11-5-3-4-6-14(11)22-10-16(21)18-13-8-17-15-7-12(2)19-20(15)9-13/h3-9H,10H2,1-2H3,(H,18,21). The quantitative estimate of drug-likeness (QED) is 0.802. The van der Waals surface area contributed by atoms with Gasteiger partial charge in [0.1, 0.15) is 5.75 Å². The molecule has 3 aromatic rings. The van der Waals surface area contributed by atoms with E-state index >= 15 is 0 Å². The Morgan fingerprint density at radius 2 is 2.14 bits per heavy atom. The first kappa shape index (κ1) is 14.1. The molecule has 0 aliphatic heterocycles. The van der Waals surface area contributed by atoms with Gasteiger partial charge in [-0.3, -0.25) is 4.79 Å². The highest BCUT2D eigenvalue weighted by atomic mass is 16.5. The normalized spacial score (nSPS) is 10.6. The molecule has 1 amide bonds. The third-order valence-electron chi connectivity index (χ3n) is 3.17. The number of para-hydroxylation sites is 1. The second kappa shape index (κ2) is 5.85. The fourth-order valence-electron chi connectivity index (χ4n) is 2.12. The van der Waals surface area contributed by atoms with Crippen molar-refractivity contribution in [1.82, 2.24) is 14.6 Å². The lowest BCUT2D eigenvalue weighted by Crippen LogP contribution is -2.20. The Morgan fingerprint density at radius 3 is 2.95 bits per heavy atom. The molecule has 0 fully saturated rings. The molecule has 22 heavy (non-hydrogen) atoms. The fourth-order valence-corrected chi connectivity index (χ4v) is 2.12. The highest BCUT2D eigenvalue weighted by molar-refractivity contribution is 5.91. The maximum atomic E-state index is 11.9. The minimum atomic E-state index is -0.242. The van der Waals surface area contributed by atoms with Crippen molar-refractivity contribution in [3.8, 4) is 5.75 Å². The van der Waals surface area contributed by atoms with Crippen LogP contribution in [0.1, 0.15) is 11.3 Å². The number of benzene rings is 1. The molecule has 0 spiro atoms. The van der Waals surface area contributed by atoms with E-state index in [9.17, 15) is 4.79 Å². The summed E-state index contributed by atoms with van der Waals surface area (Å²) < 4.78 is 7.14. The van der Waals surface area contributed by atoms with E-state index in [1.807, 2.05) is 44.2 Å². The number of nitrogens with one attached hydrogen (secondary N) is 1. The van der Waals surface area contributed by atoms with Crippen molar-refractivity contribution in [2.45, 2.75) is 13.8 Å². The predicted octanol–water partition coefficient (Wildman–Crippen LogP) is 2.36. The molecule has 0 saturated heterocycles. The number of hydrogen-bond acceptors (Lipinski definition) is 4. The van der Waals surface area contributed by atoms with Crippen LogP contribution in [0.3, 0.4) is 0 Å². The zero-order valence-electron chi connectivity index (χ0n) is 12.4. The summed E-state index contributed by atoms with van der Waals surface area (Å²) in [4.78, 5) is 16.2. The van der Waals surface area contributed by atoms with Crippen LogP contribution >= 0.6 is 0 Å². The van der Waals surface area contributed by atoms with Gasteiger partial charge in [0.05, 0.1) is 23.8 Å². The first-order valence-corrected chi connectivity index (χ1v) is 6.92. The molecule has 2 heterocycles. The molecule has 0 saturated carbocycles. The molecule has 0 atom stereocenters. The molecule has 2 aromatic heterocycles. The fraction of sp³-hybridized carbons (Fsp3) is 0.188. The van der Waals surface area contributed by atoms with Crippen LogP contribution in [0, 0.1) is 13.8 Å². The van der Waals surface area contributed by atoms with Crippen molar-refractivity contribution < 1.29 is 9.53 Å². The lowest BCUT2D eigenvalue weighted by Gasteiger charge is -2.09. The van der Waals surface area contributed by atoms with E-state index in [1.165, 1.54) is 0 Å². The van der Waals surface area contributed by atoms with Gasteiger partial charge in [0.2, 0.25) is 0 Å². The van der Waals surface area contributed by atoms with E-state index in [0.717, 1.165) is 16.9 Å². The van der Waals surface area contributed by atoms with Gasteiger partial charge >= 0.3 is 0 Å². The number of ether oxygens (including phenoxy) is 1. The van der Waals surface area contributed by atoms with E-state index in [2.05, 4.69) is 15.4 Å². The summed E-state index contributed by atoms with van der Waals surface area (Å²) in [5.41, 5.74) is 3.19. The minimum absolute atomic E-state index is 0.0545. The van der Waals surface area contributed by atoms with Gasteiger partial charge in [-0.05, 0) is 25.5 Å².